The topological polar surface area (TPSA) is 24.3 Å². The fraction of sp³-hybridized carbons (Fsp3) is 0.550. The highest BCUT2D eigenvalue weighted by Crippen LogP contribution is 2.30. The summed E-state index contributed by atoms with van der Waals surface area (Å²) in [6, 6.07) is 7.23. The minimum atomic E-state index is -0.213. The highest BCUT2D eigenvalue weighted by Gasteiger charge is 2.34. The van der Waals surface area contributed by atoms with Crippen LogP contribution in [0.2, 0.25) is 0 Å². The number of piperidine rings is 1. The van der Waals surface area contributed by atoms with Crippen molar-refractivity contribution in [3.8, 4) is 5.69 Å². The molecule has 0 aliphatic carbocycles. The molecular formula is C20H27FN4. The molecule has 0 spiro atoms. The van der Waals surface area contributed by atoms with Crippen LogP contribution in [0.3, 0.4) is 0 Å². The third-order valence-corrected chi connectivity index (χ3v) is 5.88. The molecule has 25 heavy (non-hydrogen) atoms. The summed E-state index contributed by atoms with van der Waals surface area (Å²) in [5.74, 6) is 0.576. The van der Waals surface area contributed by atoms with Gasteiger partial charge < -0.3 is 4.90 Å². The van der Waals surface area contributed by atoms with E-state index in [0.717, 1.165) is 29.5 Å². The molecule has 0 unspecified atom stereocenters. The largest absolute Gasteiger partial charge is 0.304 e. The molecule has 1 aromatic heterocycles. The number of benzene rings is 1. The smallest absolute Gasteiger partial charge is 0.123 e. The van der Waals surface area contributed by atoms with Gasteiger partial charge in [0.1, 0.15) is 5.82 Å². The number of aromatic nitrogens is 2. The molecule has 4 heterocycles. The molecule has 3 saturated heterocycles. The first kappa shape index (κ1) is 16.7. The Bertz CT molecular complexity index is 752. The average molecular weight is 342 g/mol. The predicted octanol–water partition coefficient (Wildman–Crippen LogP) is 3.15. The third-order valence-electron chi connectivity index (χ3n) is 5.88. The van der Waals surface area contributed by atoms with Gasteiger partial charge in [-0.05, 0) is 63.9 Å². The highest BCUT2D eigenvalue weighted by molar-refractivity contribution is 5.37. The lowest BCUT2D eigenvalue weighted by Crippen LogP contribution is -2.43. The van der Waals surface area contributed by atoms with Crippen LogP contribution in [-0.2, 0) is 6.54 Å². The maximum absolute atomic E-state index is 13.2. The number of fused-ring (bicyclic) bond motifs is 4. The monoisotopic (exact) mass is 342 g/mol. The molecule has 134 valence electrons. The van der Waals surface area contributed by atoms with Gasteiger partial charge in [0, 0.05) is 43.5 Å². The van der Waals surface area contributed by atoms with Crippen LogP contribution >= 0.6 is 0 Å². The van der Waals surface area contributed by atoms with E-state index >= 15 is 0 Å². The lowest BCUT2D eigenvalue weighted by Gasteiger charge is -2.36. The van der Waals surface area contributed by atoms with E-state index in [4.69, 9.17) is 5.10 Å². The van der Waals surface area contributed by atoms with Gasteiger partial charge in [0.15, 0.2) is 0 Å². The molecule has 1 aromatic carbocycles. The second-order valence-electron chi connectivity index (χ2n) is 7.79. The van der Waals surface area contributed by atoms with Gasteiger partial charge in [-0.15, -0.1) is 0 Å². The maximum atomic E-state index is 13.2. The zero-order valence-electron chi connectivity index (χ0n) is 15.4. The molecule has 0 saturated carbocycles. The Morgan fingerprint density at radius 2 is 1.84 bits per heavy atom. The maximum Gasteiger partial charge on any atom is 0.123 e. The SMILES string of the molecule is Cc1nn(-c2ccc(F)cc2)c(C)c1CN1C[C@H]2CC[C@@H]1CN(C)C2. The van der Waals surface area contributed by atoms with Crippen molar-refractivity contribution in [2.45, 2.75) is 39.3 Å². The Kier molecular flexibility index (Phi) is 4.38. The molecule has 5 heteroatoms. The first-order valence-electron chi connectivity index (χ1n) is 9.25. The fourth-order valence-corrected chi connectivity index (χ4v) is 4.55. The summed E-state index contributed by atoms with van der Waals surface area (Å²) in [6.07, 6.45) is 2.66. The molecule has 3 aliphatic rings. The molecule has 0 radical (unpaired) electrons. The number of halogens is 1. The second kappa shape index (κ2) is 6.54. The summed E-state index contributed by atoms with van der Waals surface area (Å²) in [5, 5.41) is 4.73. The first-order valence-corrected chi connectivity index (χ1v) is 9.25. The Balaban J connectivity index is 1.60. The van der Waals surface area contributed by atoms with E-state index in [-0.39, 0.29) is 5.82 Å². The van der Waals surface area contributed by atoms with Gasteiger partial charge >= 0.3 is 0 Å². The number of rotatable bonds is 3. The van der Waals surface area contributed by atoms with Crippen LogP contribution in [0.4, 0.5) is 4.39 Å². The van der Waals surface area contributed by atoms with Crippen LogP contribution in [0.1, 0.15) is 29.8 Å². The van der Waals surface area contributed by atoms with Crippen LogP contribution in [0.15, 0.2) is 24.3 Å². The van der Waals surface area contributed by atoms with Crippen LogP contribution in [-0.4, -0.2) is 52.3 Å². The summed E-state index contributed by atoms with van der Waals surface area (Å²) in [5.41, 5.74) is 4.48. The summed E-state index contributed by atoms with van der Waals surface area (Å²) in [7, 11) is 2.25. The summed E-state index contributed by atoms with van der Waals surface area (Å²) >= 11 is 0. The lowest BCUT2D eigenvalue weighted by atomic mass is 9.94. The number of hydrogen-bond acceptors (Lipinski definition) is 3. The van der Waals surface area contributed by atoms with Gasteiger partial charge in [-0.2, -0.15) is 5.10 Å². The Hall–Kier alpha value is -1.72. The van der Waals surface area contributed by atoms with Crippen molar-refractivity contribution in [3.05, 3.63) is 47.0 Å². The normalized spacial score (nSPS) is 24.6. The Morgan fingerprint density at radius 3 is 2.60 bits per heavy atom. The molecule has 2 bridgehead atoms. The predicted molar refractivity (Wildman–Crippen MR) is 97.4 cm³/mol. The van der Waals surface area contributed by atoms with Crippen molar-refractivity contribution < 1.29 is 4.39 Å². The van der Waals surface area contributed by atoms with E-state index in [9.17, 15) is 4.39 Å². The Morgan fingerprint density at radius 1 is 1.08 bits per heavy atom. The van der Waals surface area contributed by atoms with E-state index in [1.54, 1.807) is 12.1 Å². The van der Waals surface area contributed by atoms with Gasteiger partial charge in [-0.3, -0.25) is 4.90 Å². The van der Waals surface area contributed by atoms with E-state index in [1.807, 2.05) is 4.68 Å². The van der Waals surface area contributed by atoms with E-state index in [0.29, 0.717) is 6.04 Å². The van der Waals surface area contributed by atoms with E-state index < -0.39 is 0 Å². The standard InChI is InChI=1S/C20H27FN4/c1-14-20(13-24-11-16-4-7-19(24)12-23(3)10-16)15(2)25(22-14)18-8-5-17(21)6-9-18/h5-6,8-9,16,19H,4,7,10-13H2,1-3H3/t16-,19+/m0/s1. The summed E-state index contributed by atoms with van der Waals surface area (Å²) < 4.78 is 15.2. The molecule has 4 nitrogen and oxygen atoms in total. The number of hydrogen-bond donors (Lipinski definition) is 0. The highest BCUT2D eigenvalue weighted by atomic mass is 19.1. The minimum absolute atomic E-state index is 0.213. The van der Waals surface area contributed by atoms with Crippen LogP contribution in [0.25, 0.3) is 5.69 Å². The van der Waals surface area contributed by atoms with Gasteiger partial charge in [0.05, 0.1) is 11.4 Å². The summed E-state index contributed by atoms with van der Waals surface area (Å²) in [4.78, 5) is 5.15. The molecule has 2 atom stereocenters. The van der Waals surface area contributed by atoms with Gasteiger partial charge in [0.25, 0.3) is 0 Å². The van der Waals surface area contributed by atoms with Crippen LogP contribution in [0.5, 0.6) is 0 Å². The minimum Gasteiger partial charge on any atom is -0.304 e. The van der Waals surface area contributed by atoms with Gasteiger partial charge in [0.2, 0.25) is 0 Å². The lowest BCUT2D eigenvalue weighted by molar-refractivity contribution is 0.124. The van der Waals surface area contributed by atoms with Crippen LogP contribution < -0.4 is 0 Å². The van der Waals surface area contributed by atoms with Crippen molar-refractivity contribution in [2.75, 3.05) is 26.7 Å². The molecular weight excluding hydrogens is 315 g/mol. The van der Waals surface area contributed by atoms with E-state index in [1.165, 1.54) is 50.2 Å². The van der Waals surface area contributed by atoms with E-state index in [2.05, 4.69) is 30.7 Å². The zero-order chi connectivity index (χ0) is 17.6. The zero-order valence-corrected chi connectivity index (χ0v) is 15.4. The molecule has 5 rings (SSSR count). The number of nitrogens with zero attached hydrogens (tertiary/aromatic N) is 4. The third kappa shape index (κ3) is 3.23. The quantitative estimate of drug-likeness (QED) is 0.856. The molecule has 0 N–H and O–H groups in total. The molecule has 2 aromatic rings. The van der Waals surface area contributed by atoms with Crippen molar-refractivity contribution in [2.24, 2.45) is 5.92 Å². The van der Waals surface area contributed by atoms with Gasteiger partial charge in [-0.25, -0.2) is 9.07 Å². The summed E-state index contributed by atoms with van der Waals surface area (Å²) in [6.45, 7) is 8.76. The number of aryl methyl sites for hydroxylation is 1. The van der Waals surface area contributed by atoms with Crippen molar-refractivity contribution in [1.82, 2.24) is 19.6 Å². The number of likely N-dealkylation sites (N-methyl/N-ethyl adjacent to an activating group) is 1. The van der Waals surface area contributed by atoms with Crippen molar-refractivity contribution >= 4 is 0 Å². The first-order chi connectivity index (χ1) is 12.0. The molecule has 0 amide bonds. The molecule has 3 fully saturated rings. The Labute approximate surface area is 149 Å². The fourth-order valence-electron chi connectivity index (χ4n) is 4.55. The second-order valence-corrected chi connectivity index (χ2v) is 7.79. The van der Waals surface area contributed by atoms with Gasteiger partial charge in [-0.1, -0.05) is 0 Å². The average Bonchev–Trinajstić information content (AvgIpc) is 2.73. The van der Waals surface area contributed by atoms with Crippen molar-refractivity contribution in [3.63, 3.8) is 0 Å². The van der Waals surface area contributed by atoms with Crippen molar-refractivity contribution in [1.29, 1.82) is 0 Å². The molecule has 3 aliphatic heterocycles. The van der Waals surface area contributed by atoms with Crippen LogP contribution in [0, 0.1) is 25.6 Å².